The molecule has 0 atom stereocenters. The predicted molar refractivity (Wildman–Crippen MR) is 246 cm³/mol. The molecule has 0 bridgehead atoms. The normalized spacial score (nSPS) is 12.3. The first kappa shape index (κ1) is 46.9. The molecule has 2 N–H and O–H groups in total. The van der Waals surface area contributed by atoms with E-state index in [9.17, 15) is 24.0 Å². The van der Waals surface area contributed by atoms with E-state index in [0.29, 0.717) is 72.7 Å². The number of benzene rings is 3. The Morgan fingerprint density at radius 3 is 2.05 bits per heavy atom. The number of hydrogen-bond donors (Lipinski definition) is 2. The van der Waals surface area contributed by atoms with Crippen LogP contribution < -0.4 is 10.6 Å². The van der Waals surface area contributed by atoms with Crippen LogP contribution in [0.1, 0.15) is 144 Å². The minimum atomic E-state index is -0.352. The molecule has 0 aliphatic heterocycles. The Balaban J connectivity index is 1.20. The van der Waals surface area contributed by atoms with E-state index in [4.69, 9.17) is 4.74 Å². The fourth-order valence-electron chi connectivity index (χ4n) is 7.78. The van der Waals surface area contributed by atoms with Gasteiger partial charge in [0, 0.05) is 67.1 Å². The van der Waals surface area contributed by atoms with Gasteiger partial charge >= 0.3 is 5.97 Å². The maximum atomic E-state index is 14.0. The van der Waals surface area contributed by atoms with Gasteiger partial charge in [-0.05, 0) is 138 Å². The number of nitrogens with zero attached hydrogens (tertiary/aromatic N) is 2. The summed E-state index contributed by atoms with van der Waals surface area (Å²) in [5.74, 6) is -0.531. The number of Topliss-reactive ketones (excluding diaryl/α,β-unsaturated/α-hetero) is 1. The molecule has 326 valence electrons. The lowest BCUT2D eigenvalue weighted by molar-refractivity contribution is -0.133. The van der Waals surface area contributed by atoms with Crippen molar-refractivity contribution in [1.29, 1.82) is 0 Å². The number of unbranched alkanes of at least 4 members (excludes halogenated alkanes) is 1. The fourth-order valence-corrected chi connectivity index (χ4v) is 9.07. The van der Waals surface area contributed by atoms with Crippen molar-refractivity contribution in [2.24, 2.45) is 0 Å². The number of rotatable bonds is 22. The van der Waals surface area contributed by atoms with E-state index in [1.165, 1.54) is 18.4 Å². The van der Waals surface area contributed by atoms with Crippen LogP contribution in [0.25, 0.3) is 0 Å². The number of carbonyl (C=O) groups excluding carboxylic acids is 5. The Bertz CT molecular complexity index is 2110. The summed E-state index contributed by atoms with van der Waals surface area (Å²) in [4.78, 5) is 70.4. The largest absolute Gasteiger partial charge is 0.465 e. The Morgan fingerprint density at radius 2 is 1.39 bits per heavy atom. The van der Waals surface area contributed by atoms with Crippen molar-refractivity contribution in [1.82, 2.24) is 9.80 Å². The molecule has 1 aliphatic rings. The monoisotopic (exact) mass is 848 g/mol. The van der Waals surface area contributed by atoms with Gasteiger partial charge in [-0.25, -0.2) is 4.79 Å². The minimum absolute atomic E-state index is 0.0439. The van der Waals surface area contributed by atoms with Crippen LogP contribution in [0, 0.1) is 0 Å². The van der Waals surface area contributed by atoms with Gasteiger partial charge in [0.05, 0.1) is 18.2 Å². The molecule has 0 saturated heterocycles. The van der Waals surface area contributed by atoms with Gasteiger partial charge in [0.25, 0.3) is 11.8 Å². The van der Waals surface area contributed by atoms with Crippen molar-refractivity contribution in [3.8, 4) is 0 Å². The van der Waals surface area contributed by atoms with Crippen LogP contribution in [0.5, 0.6) is 0 Å². The zero-order chi connectivity index (χ0) is 43.9. The van der Waals surface area contributed by atoms with E-state index in [1.54, 1.807) is 18.2 Å². The summed E-state index contributed by atoms with van der Waals surface area (Å²) in [5, 5.41) is 6.79. The van der Waals surface area contributed by atoms with Gasteiger partial charge in [0.15, 0.2) is 0 Å². The van der Waals surface area contributed by atoms with E-state index < -0.39 is 0 Å². The third kappa shape index (κ3) is 13.7. The lowest BCUT2D eigenvalue weighted by Gasteiger charge is -2.32. The Hall–Kier alpha value is -5.13. The van der Waals surface area contributed by atoms with E-state index >= 15 is 0 Å². The smallest absolute Gasteiger partial charge is 0.337 e. The maximum absolute atomic E-state index is 14.0. The summed E-state index contributed by atoms with van der Waals surface area (Å²) in [7, 11) is 1.37. The zero-order valence-corrected chi connectivity index (χ0v) is 37.8. The molecule has 0 spiro atoms. The molecule has 1 heterocycles. The summed E-state index contributed by atoms with van der Waals surface area (Å²) in [6.07, 6.45) is 9.24. The van der Waals surface area contributed by atoms with Gasteiger partial charge in [-0.1, -0.05) is 49.7 Å². The number of ketones is 1. The molecule has 10 nitrogen and oxygen atoms in total. The number of thiophene rings is 1. The SMILES string of the molecule is CCCCC(=O)CCCC(=O)N(CCN(Cc1cccc(C(=O)Nc2sc3c(c2C(=O)Nc2ccc(CCc4ccc(C(=O)OC)cc4)cc2)CCCC3)c1)C(C)C)C(C)C. The lowest BCUT2D eigenvalue weighted by Crippen LogP contribution is -2.44. The lowest BCUT2D eigenvalue weighted by atomic mass is 9.95. The number of methoxy groups -OCH3 is 1. The first-order valence-electron chi connectivity index (χ1n) is 22.0. The van der Waals surface area contributed by atoms with Gasteiger partial charge < -0.3 is 20.3 Å². The molecule has 61 heavy (non-hydrogen) atoms. The van der Waals surface area contributed by atoms with Gasteiger partial charge in [0.1, 0.15) is 10.8 Å². The molecule has 4 aromatic rings. The average Bonchev–Trinajstić information content (AvgIpc) is 3.62. The number of fused-ring (bicyclic) bond motifs is 1. The van der Waals surface area contributed by atoms with Gasteiger partial charge in [-0.3, -0.25) is 24.1 Å². The number of nitrogens with one attached hydrogen (secondary N) is 2. The highest BCUT2D eigenvalue weighted by Crippen LogP contribution is 2.39. The quantitative estimate of drug-likeness (QED) is 0.0755. The summed E-state index contributed by atoms with van der Waals surface area (Å²) >= 11 is 1.50. The van der Waals surface area contributed by atoms with Crippen LogP contribution in [0.4, 0.5) is 10.7 Å². The molecule has 5 rings (SSSR count). The van der Waals surface area contributed by atoms with Gasteiger partial charge in [-0.2, -0.15) is 0 Å². The number of amides is 3. The highest BCUT2D eigenvalue weighted by molar-refractivity contribution is 7.17. The fraction of sp³-hybridized carbons (Fsp3) is 0.460. The molecule has 0 fully saturated rings. The number of anilines is 2. The Labute approximate surface area is 366 Å². The first-order chi connectivity index (χ1) is 29.4. The zero-order valence-electron chi connectivity index (χ0n) is 36.9. The van der Waals surface area contributed by atoms with Crippen molar-refractivity contribution in [3.63, 3.8) is 0 Å². The highest BCUT2D eigenvalue weighted by atomic mass is 32.1. The van der Waals surface area contributed by atoms with Crippen molar-refractivity contribution in [3.05, 3.63) is 117 Å². The highest BCUT2D eigenvalue weighted by Gasteiger charge is 2.27. The number of esters is 1. The molecule has 11 heteroatoms. The third-order valence-corrected chi connectivity index (χ3v) is 12.7. The Morgan fingerprint density at radius 1 is 0.721 bits per heavy atom. The van der Waals surface area contributed by atoms with Gasteiger partial charge in [0.2, 0.25) is 5.91 Å². The van der Waals surface area contributed by atoms with Crippen LogP contribution in [-0.4, -0.2) is 71.6 Å². The van der Waals surface area contributed by atoms with Crippen LogP contribution in [0.15, 0.2) is 72.8 Å². The van der Waals surface area contributed by atoms with Crippen LogP contribution in [-0.2, 0) is 46.6 Å². The Kier molecular flexibility index (Phi) is 17.8. The first-order valence-corrected chi connectivity index (χ1v) is 22.9. The summed E-state index contributed by atoms with van der Waals surface area (Å²) in [6, 6.07) is 23.2. The predicted octanol–water partition coefficient (Wildman–Crippen LogP) is 10.1. The topological polar surface area (TPSA) is 125 Å². The molecule has 3 amide bonds. The van der Waals surface area contributed by atoms with E-state index in [1.807, 2.05) is 73.3 Å². The second-order valence-electron chi connectivity index (χ2n) is 16.6. The van der Waals surface area contributed by atoms with Crippen LogP contribution in [0.3, 0.4) is 0 Å². The minimum Gasteiger partial charge on any atom is -0.465 e. The van der Waals surface area contributed by atoms with Gasteiger partial charge in [-0.15, -0.1) is 11.3 Å². The molecule has 3 aromatic carbocycles. The van der Waals surface area contributed by atoms with Crippen LogP contribution in [0.2, 0.25) is 0 Å². The standard InChI is InChI=1S/C50H64N4O6S/c1-7-8-15-42(55)16-12-19-45(56)54(35(4)5)31-30-53(34(2)3)33-38-13-11-14-40(32-38)47(57)52-49-46(43-17-9-10-18-44(43)61-49)48(58)51-41-28-24-37(25-29-41)21-20-36-22-26-39(27-23-36)50(59)60-6/h11,13-14,22-29,32,34-35H,7-10,12,15-21,30-31,33H2,1-6H3,(H,51,58)(H,52,57). The second-order valence-corrected chi connectivity index (χ2v) is 17.8. The number of carbonyl (C=O) groups is 5. The van der Waals surface area contributed by atoms with E-state index in [-0.39, 0.29) is 41.6 Å². The maximum Gasteiger partial charge on any atom is 0.337 e. The number of hydrogen-bond acceptors (Lipinski definition) is 8. The van der Waals surface area contributed by atoms with Crippen molar-refractivity contribution >= 4 is 51.5 Å². The van der Waals surface area contributed by atoms with Crippen molar-refractivity contribution < 1.29 is 28.7 Å². The number of ether oxygens (including phenoxy) is 1. The summed E-state index contributed by atoms with van der Waals surface area (Å²) in [6.45, 7) is 12.3. The molecule has 0 radical (unpaired) electrons. The molecule has 1 aromatic heterocycles. The summed E-state index contributed by atoms with van der Waals surface area (Å²) in [5.41, 5.74) is 6.51. The average molecular weight is 849 g/mol. The molecule has 1 aliphatic carbocycles. The van der Waals surface area contributed by atoms with Crippen molar-refractivity contribution in [2.45, 2.75) is 130 Å². The summed E-state index contributed by atoms with van der Waals surface area (Å²) < 4.78 is 4.79. The van der Waals surface area contributed by atoms with Crippen molar-refractivity contribution in [2.75, 3.05) is 30.8 Å². The van der Waals surface area contributed by atoms with E-state index in [0.717, 1.165) is 78.5 Å². The van der Waals surface area contributed by atoms with E-state index in [2.05, 4.69) is 36.3 Å². The molecular formula is C50H64N4O6S. The molecule has 0 unspecified atom stereocenters. The second kappa shape index (κ2) is 23.2. The molecule has 0 saturated carbocycles. The number of aryl methyl sites for hydroxylation is 3. The third-order valence-electron chi connectivity index (χ3n) is 11.4. The van der Waals surface area contributed by atoms with Crippen LogP contribution >= 0.6 is 11.3 Å². The molecular weight excluding hydrogens is 785 g/mol.